The van der Waals surface area contributed by atoms with Crippen LogP contribution in [0.25, 0.3) is 0 Å². The number of nitrogens with zero attached hydrogens (tertiary/aromatic N) is 2. The van der Waals surface area contributed by atoms with Crippen LogP contribution in [0.3, 0.4) is 0 Å². The number of thiophene rings is 1. The van der Waals surface area contributed by atoms with Crippen molar-refractivity contribution in [2.75, 3.05) is 11.4 Å². The summed E-state index contributed by atoms with van der Waals surface area (Å²) in [4.78, 5) is 7.92. The lowest BCUT2D eigenvalue weighted by molar-refractivity contribution is 0.199. The second-order valence-electron chi connectivity index (χ2n) is 4.22. The molecule has 2 aromatic rings. The van der Waals surface area contributed by atoms with Crippen LogP contribution in [0.5, 0.6) is 0 Å². The first kappa shape index (κ1) is 13.1. The highest BCUT2D eigenvalue weighted by molar-refractivity contribution is 7.09. The average Bonchev–Trinajstić information content (AvgIpc) is 2.89. The van der Waals surface area contributed by atoms with Crippen LogP contribution in [0.4, 0.5) is 5.82 Å². The molecule has 2 rings (SSSR count). The van der Waals surface area contributed by atoms with Crippen LogP contribution in [0, 0.1) is 0 Å². The third kappa shape index (κ3) is 3.09. The van der Waals surface area contributed by atoms with E-state index in [0.717, 1.165) is 24.5 Å². The summed E-state index contributed by atoms with van der Waals surface area (Å²) in [7, 11) is 0. The van der Waals surface area contributed by atoms with Crippen LogP contribution < -0.4 is 4.90 Å². The maximum absolute atomic E-state index is 9.62. The number of pyridine rings is 1. The molecule has 0 aliphatic rings. The molecular weight excluding hydrogens is 244 g/mol. The van der Waals surface area contributed by atoms with Crippen LogP contribution in [-0.2, 0) is 6.54 Å². The van der Waals surface area contributed by atoms with Crippen molar-refractivity contribution in [1.82, 2.24) is 4.98 Å². The summed E-state index contributed by atoms with van der Waals surface area (Å²) < 4.78 is 0. The number of hydrogen-bond donors (Lipinski definition) is 1. The molecule has 0 aliphatic carbocycles. The minimum atomic E-state index is -0.452. The van der Waals surface area contributed by atoms with Crippen molar-refractivity contribution in [1.29, 1.82) is 0 Å². The average molecular weight is 262 g/mol. The Labute approximate surface area is 112 Å². The van der Waals surface area contributed by atoms with E-state index in [-0.39, 0.29) is 0 Å². The minimum Gasteiger partial charge on any atom is -0.389 e. The van der Waals surface area contributed by atoms with Gasteiger partial charge in [0.25, 0.3) is 0 Å². The van der Waals surface area contributed by atoms with Gasteiger partial charge in [0.15, 0.2) is 0 Å². The Morgan fingerprint density at radius 1 is 1.44 bits per heavy atom. The molecule has 4 heteroatoms. The fourth-order valence-electron chi connectivity index (χ4n) is 1.81. The molecule has 18 heavy (non-hydrogen) atoms. The highest BCUT2D eigenvalue weighted by Crippen LogP contribution is 2.20. The van der Waals surface area contributed by atoms with Crippen LogP contribution in [0.1, 0.15) is 30.4 Å². The topological polar surface area (TPSA) is 36.4 Å². The minimum absolute atomic E-state index is 0.452. The largest absolute Gasteiger partial charge is 0.389 e. The fourth-order valence-corrected chi connectivity index (χ4v) is 2.53. The van der Waals surface area contributed by atoms with Crippen LogP contribution in [0.15, 0.2) is 35.8 Å². The molecule has 0 saturated heterocycles. The first-order chi connectivity index (χ1) is 8.70. The molecule has 0 unspecified atom stereocenters. The Morgan fingerprint density at radius 3 is 2.89 bits per heavy atom. The van der Waals surface area contributed by atoms with Gasteiger partial charge >= 0.3 is 0 Å². The van der Waals surface area contributed by atoms with Crippen LogP contribution in [0.2, 0.25) is 0 Å². The second kappa shape index (κ2) is 5.98. The van der Waals surface area contributed by atoms with Crippen molar-refractivity contribution < 1.29 is 5.11 Å². The molecule has 0 spiro atoms. The zero-order chi connectivity index (χ0) is 13.0. The van der Waals surface area contributed by atoms with E-state index in [1.807, 2.05) is 12.1 Å². The molecule has 2 aromatic heterocycles. The van der Waals surface area contributed by atoms with Gasteiger partial charge in [-0.05, 0) is 43.0 Å². The number of aromatic nitrogens is 1. The van der Waals surface area contributed by atoms with E-state index in [2.05, 4.69) is 34.3 Å². The first-order valence-corrected chi connectivity index (χ1v) is 7.00. The molecule has 0 saturated carbocycles. The third-order valence-electron chi connectivity index (χ3n) is 2.88. The molecule has 96 valence electrons. The number of rotatable bonds is 5. The summed E-state index contributed by atoms with van der Waals surface area (Å²) in [6, 6.07) is 8.01. The maximum atomic E-state index is 9.62. The van der Waals surface area contributed by atoms with Crippen molar-refractivity contribution in [3.8, 4) is 0 Å². The van der Waals surface area contributed by atoms with Gasteiger partial charge in [0.2, 0.25) is 0 Å². The lowest BCUT2D eigenvalue weighted by atomic mass is 10.1. The molecule has 0 amide bonds. The van der Waals surface area contributed by atoms with E-state index < -0.39 is 6.10 Å². The van der Waals surface area contributed by atoms with Gasteiger partial charge < -0.3 is 10.0 Å². The monoisotopic (exact) mass is 262 g/mol. The van der Waals surface area contributed by atoms with Crippen molar-refractivity contribution >= 4 is 17.2 Å². The van der Waals surface area contributed by atoms with Gasteiger partial charge in [-0.2, -0.15) is 0 Å². The molecule has 0 aliphatic heterocycles. The van der Waals surface area contributed by atoms with Gasteiger partial charge in [0.1, 0.15) is 5.82 Å². The lowest BCUT2D eigenvalue weighted by Gasteiger charge is -2.22. The molecule has 1 N–H and O–H groups in total. The van der Waals surface area contributed by atoms with Gasteiger partial charge in [-0.3, -0.25) is 0 Å². The molecule has 0 fully saturated rings. The number of hydrogen-bond acceptors (Lipinski definition) is 4. The summed E-state index contributed by atoms with van der Waals surface area (Å²) in [6.45, 7) is 5.65. The summed E-state index contributed by atoms with van der Waals surface area (Å²) in [6.07, 6.45) is 1.31. The highest BCUT2D eigenvalue weighted by Gasteiger charge is 2.09. The Bertz CT molecular complexity index is 482. The quantitative estimate of drug-likeness (QED) is 0.898. The Hall–Kier alpha value is -1.39. The molecule has 0 bridgehead atoms. The molecule has 0 aromatic carbocycles. The maximum Gasteiger partial charge on any atom is 0.129 e. The van der Waals surface area contributed by atoms with Crippen molar-refractivity contribution in [2.45, 2.75) is 26.5 Å². The molecular formula is C14H18N2OS. The predicted molar refractivity (Wildman–Crippen MR) is 75.9 cm³/mol. The normalized spacial score (nSPS) is 12.4. The van der Waals surface area contributed by atoms with E-state index >= 15 is 0 Å². The number of anilines is 1. The van der Waals surface area contributed by atoms with E-state index in [9.17, 15) is 5.11 Å². The van der Waals surface area contributed by atoms with E-state index in [0.29, 0.717) is 0 Å². The molecule has 3 nitrogen and oxygen atoms in total. The molecule has 2 heterocycles. The predicted octanol–water partition coefficient (Wildman–Crippen LogP) is 3.22. The van der Waals surface area contributed by atoms with E-state index in [1.54, 1.807) is 24.5 Å². The van der Waals surface area contributed by atoms with Crippen molar-refractivity contribution in [3.05, 3.63) is 46.3 Å². The number of aliphatic hydroxyl groups is 1. The van der Waals surface area contributed by atoms with Gasteiger partial charge in [-0.1, -0.05) is 6.07 Å². The summed E-state index contributed by atoms with van der Waals surface area (Å²) in [5.74, 6) is 0.921. The zero-order valence-corrected chi connectivity index (χ0v) is 11.5. The smallest absolute Gasteiger partial charge is 0.129 e. The van der Waals surface area contributed by atoms with Gasteiger partial charge in [-0.25, -0.2) is 4.98 Å². The molecule has 1 atom stereocenters. The molecule has 0 radical (unpaired) electrons. The van der Waals surface area contributed by atoms with Gasteiger partial charge in [0.05, 0.1) is 12.6 Å². The Morgan fingerprint density at radius 2 is 2.28 bits per heavy atom. The summed E-state index contributed by atoms with van der Waals surface area (Å²) in [5, 5.41) is 11.7. The Kier molecular flexibility index (Phi) is 4.33. The Balaban J connectivity index is 2.19. The fraction of sp³-hybridized carbons (Fsp3) is 0.357. The zero-order valence-electron chi connectivity index (χ0n) is 10.7. The lowest BCUT2D eigenvalue weighted by Crippen LogP contribution is -2.22. The van der Waals surface area contributed by atoms with Crippen LogP contribution in [-0.4, -0.2) is 16.6 Å². The van der Waals surface area contributed by atoms with Crippen LogP contribution >= 0.6 is 11.3 Å². The standard InChI is InChI=1S/C14H18N2OS/c1-3-16(10-13-5-4-8-18-13)14-9-12(11(2)17)6-7-15-14/h4-9,11,17H,3,10H2,1-2H3/t11-/m1/s1. The SMILES string of the molecule is CCN(Cc1cccs1)c1cc([C@@H](C)O)ccn1. The third-order valence-corrected chi connectivity index (χ3v) is 3.75. The number of aliphatic hydroxyl groups excluding tert-OH is 1. The van der Waals surface area contributed by atoms with Crippen molar-refractivity contribution in [2.24, 2.45) is 0 Å². The first-order valence-electron chi connectivity index (χ1n) is 6.12. The van der Waals surface area contributed by atoms with Crippen molar-refractivity contribution in [3.63, 3.8) is 0 Å². The summed E-state index contributed by atoms with van der Waals surface area (Å²) >= 11 is 1.75. The van der Waals surface area contributed by atoms with E-state index in [4.69, 9.17) is 0 Å². The van der Waals surface area contributed by atoms with E-state index in [1.165, 1.54) is 4.88 Å². The summed E-state index contributed by atoms with van der Waals surface area (Å²) in [5.41, 5.74) is 0.907. The highest BCUT2D eigenvalue weighted by atomic mass is 32.1. The second-order valence-corrected chi connectivity index (χ2v) is 5.25. The van der Waals surface area contributed by atoms with Gasteiger partial charge in [0, 0.05) is 17.6 Å². The van der Waals surface area contributed by atoms with Gasteiger partial charge in [-0.15, -0.1) is 11.3 Å².